The Morgan fingerprint density at radius 2 is 2.11 bits per heavy atom. The molecule has 2 amide bonds. The predicted octanol–water partition coefficient (Wildman–Crippen LogP) is 2.63. The normalized spacial score (nSPS) is 16.6. The molecule has 1 aliphatic heterocycles. The van der Waals surface area contributed by atoms with Crippen molar-refractivity contribution < 1.29 is 9.32 Å². The summed E-state index contributed by atoms with van der Waals surface area (Å²) in [4.78, 5) is 27.2. The molecule has 0 spiro atoms. The molecular weight excluding hydrogens is 358 g/mol. The van der Waals surface area contributed by atoms with Crippen LogP contribution < -0.4 is 15.5 Å². The lowest BCUT2D eigenvalue weighted by molar-refractivity contribution is 0.246. The number of carbonyl (C=O) groups is 1. The number of hydrogen-bond donors (Lipinski definition) is 2. The summed E-state index contributed by atoms with van der Waals surface area (Å²) in [7, 11) is 0. The van der Waals surface area contributed by atoms with E-state index in [0.717, 1.165) is 30.8 Å². The lowest BCUT2D eigenvalue weighted by Gasteiger charge is -2.33. The molecule has 0 unspecified atom stereocenters. The summed E-state index contributed by atoms with van der Waals surface area (Å²) in [5, 5.41) is 9.68. The quantitative estimate of drug-likeness (QED) is 0.717. The molecule has 144 valence electrons. The second-order valence-corrected chi connectivity index (χ2v) is 6.67. The van der Waals surface area contributed by atoms with Crippen molar-refractivity contribution in [2.24, 2.45) is 0 Å². The molecule has 3 heterocycles. The van der Waals surface area contributed by atoms with Gasteiger partial charge in [-0.3, -0.25) is 4.98 Å². The van der Waals surface area contributed by atoms with Crippen LogP contribution in [0, 0.1) is 6.92 Å². The number of piperidine rings is 1. The highest BCUT2D eigenvalue weighted by atomic mass is 16.5. The summed E-state index contributed by atoms with van der Waals surface area (Å²) in [6.07, 6.45) is 6.99. The van der Waals surface area contributed by atoms with Gasteiger partial charge in [-0.2, -0.15) is 4.98 Å². The minimum absolute atomic E-state index is 0.0522. The van der Waals surface area contributed by atoms with Crippen LogP contribution in [0.2, 0.25) is 0 Å². The topological polar surface area (TPSA) is 109 Å². The molecule has 1 aliphatic rings. The van der Waals surface area contributed by atoms with E-state index in [2.05, 4.69) is 35.6 Å². The number of urea groups is 1. The van der Waals surface area contributed by atoms with Gasteiger partial charge in [-0.1, -0.05) is 5.16 Å². The average molecular weight is 379 g/mol. The smallest absolute Gasteiger partial charge is 0.319 e. The number of amides is 2. The largest absolute Gasteiger partial charge is 0.353 e. The van der Waals surface area contributed by atoms with Crippen molar-refractivity contribution >= 4 is 17.5 Å². The maximum atomic E-state index is 12.4. The summed E-state index contributed by atoms with van der Waals surface area (Å²) in [6, 6.07) is 7.10. The molecule has 1 fully saturated rings. The summed E-state index contributed by atoms with van der Waals surface area (Å²) < 4.78 is 5.14. The van der Waals surface area contributed by atoms with Crippen LogP contribution in [0.1, 0.15) is 18.7 Å². The first-order valence-electron chi connectivity index (χ1n) is 9.16. The van der Waals surface area contributed by atoms with Crippen molar-refractivity contribution in [1.29, 1.82) is 0 Å². The number of anilines is 2. The van der Waals surface area contributed by atoms with E-state index in [0.29, 0.717) is 23.9 Å². The molecule has 1 atom stereocenters. The number of benzene rings is 1. The lowest BCUT2D eigenvalue weighted by atomic mass is 10.1. The third-order valence-electron chi connectivity index (χ3n) is 4.55. The van der Waals surface area contributed by atoms with Crippen molar-refractivity contribution in [3.05, 3.63) is 48.7 Å². The van der Waals surface area contributed by atoms with E-state index in [-0.39, 0.29) is 12.1 Å². The van der Waals surface area contributed by atoms with Crippen molar-refractivity contribution in [2.75, 3.05) is 23.3 Å². The molecule has 2 aromatic heterocycles. The average Bonchev–Trinajstić information content (AvgIpc) is 3.16. The van der Waals surface area contributed by atoms with Gasteiger partial charge in [-0.25, -0.2) is 9.78 Å². The van der Waals surface area contributed by atoms with Crippen LogP contribution in [0.3, 0.4) is 0 Å². The van der Waals surface area contributed by atoms with Gasteiger partial charge < -0.3 is 20.1 Å². The van der Waals surface area contributed by atoms with E-state index < -0.39 is 0 Å². The van der Waals surface area contributed by atoms with Crippen LogP contribution in [0.15, 0.2) is 47.4 Å². The fourth-order valence-electron chi connectivity index (χ4n) is 3.22. The molecule has 0 bridgehead atoms. The summed E-state index contributed by atoms with van der Waals surface area (Å²) in [5.74, 6) is 1.88. The maximum absolute atomic E-state index is 12.4. The van der Waals surface area contributed by atoms with Crippen LogP contribution in [-0.2, 0) is 0 Å². The molecule has 1 saturated heterocycles. The molecule has 9 heteroatoms. The summed E-state index contributed by atoms with van der Waals surface area (Å²) in [5.41, 5.74) is 1.50. The first kappa shape index (κ1) is 17.9. The minimum atomic E-state index is -0.229. The zero-order valence-electron chi connectivity index (χ0n) is 15.5. The summed E-state index contributed by atoms with van der Waals surface area (Å²) in [6.45, 7) is 3.39. The molecule has 1 aromatic carbocycles. The molecule has 9 nitrogen and oxygen atoms in total. The molecule has 4 rings (SSSR count). The second-order valence-electron chi connectivity index (χ2n) is 6.67. The molecule has 0 radical (unpaired) electrons. The van der Waals surface area contributed by atoms with Crippen molar-refractivity contribution in [3.63, 3.8) is 0 Å². The van der Waals surface area contributed by atoms with Crippen LogP contribution in [-0.4, -0.2) is 45.3 Å². The van der Waals surface area contributed by atoms with E-state index in [4.69, 9.17) is 4.52 Å². The van der Waals surface area contributed by atoms with E-state index in [1.807, 2.05) is 12.1 Å². The summed E-state index contributed by atoms with van der Waals surface area (Å²) >= 11 is 0. The predicted molar refractivity (Wildman–Crippen MR) is 104 cm³/mol. The van der Waals surface area contributed by atoms with Crippen LogP contribution in [0.5, 0.6) is 0 Å². The van der Waals surface area contributed by atoms with E-state index >= 15 is 0 Å². The zero-order chi connectivity index (χ0) is 19.3. The van der Waals surface area contributed by atoms with Crippen LogP contribution in [0.4, 0.5) is 16.3 Å². The van der Waals surface area contributed by atoms with Crippen LogP contribution >= 0.6 is 0 Å². The monoisotopic (exact) mass is 379 g/mol. The maximum Gasteiger partial charge on any atom is 0.319 e. The highest BCUT2D eigenvalue weighted by Gasteiger charge is 2.22. The fraction of sp³-hybridized carbons (Fsp3) is 0.316. The second kappa shape index (κ2) is 8.03. The van der Waals surface area contributed by atoms with Gasteiger partial charge in [0.15, 0.2) is 5.82 Å². The van der Waals surface area contributed by atoms with Gasteiger partial charge in [-0.15, -0.1) is 0 Å². The fourth-order valence-corrected chi connectivity index (χ4v) is 3.22. The number of aromatic nitrogens is 4. The van der Waals surface area contributed by atoms with Crippen molar-refractivity contribution in [3.8, 4) is 11.5 Å². The Morgan fingerprint density at radius 3 is 2.82 bits per heavy atom. The Bertz CT molecular complexity index is 927. The number of hydrogen-bond acceptors (Lipinski definition) is 7. The van der Waals surface area contributed by atoms with E-state index in [1.165, 1.54) is 0 Å². The molecule has 28 heavy (non-hydrogen) atoms. The molecular formula is C19H21N7O2. The Kier molecular flexibility index (Phi) is 5.14. The molecule has 2 N–H and O–H groups in total. The minimum Gasteiger partial charge on any atom is -0.353 e. The van der Waals surface area contributed by atoms with Gasteiger partial charge >= 0.3 is 6.03 Å². The van der Waals surface area contributed by atoms with Gasteiger partial charge in [0, 0.05) is 42.8 Å². The molecule has 0 aliphatic carbocycles. The Balaban J connectivity index is 1.32. The Labute approximate surface area is 162 Å². The van der Waals surface area contributed by atoms with E-state index in [1.54, 1.807) is 37.6 Å². The van der Waals surface area contributed by atoms with Crippen molar-refractivity contribution in [1.82, 2.24) is 25.4 Å². The number of rotatable bonds is 4. The highest BCUT2D eigenvalue weighted by molar-refractivity contribution is 5.89. The lowest BCUT2D eigenvalue weighted by Crippen LogP contribution is -2.49. The standard InChI is InChI=1S/C19H21N7O2/c1-13-22-18(28-25-13)14-4-6-15(7-5-14)23-19(27)24-16-3-2-10-26(12-16)17-11-20-8-9-21-17/h4-9,11,16H,2-3,10,12H2,1H3,(H2,23,24,27)/t16-/m0/s1. The number of aryl methyl sites for hydroxylation is 1. The third kappa shape index (κ3) is 4.25. The van der Waals surface area contributed by atoms with Gasteiger partial charge in [0.2, 0.25) is 0 Å². The SMILES string of the molecule is Cc1noc(-c2ccc(NC(=O)N[C@H]3CCCN(c4cnccn4)C3)cc2)n1. The Hall–Kier alpha value is -3.49. The number of nitrogens with one attached hydrogen (secondary N) is 2. The molecule has 0 saturated carbocycles. The number of nitrogens with zero attached hydrogens (tertiary/aromatic N) is 5. The zero-order valence-corrected chi connectivity index (χ0v) is 15.5. The first-order chi connectivity index (χ1) is 13.7. The highest BCUT2D eigenvalue weighted by Crippen LogP contribution is 2.20. The van der Waals surface area contributed by atoms with Gasteiger partial charge in [0.05, 0.1) is 6.20 Å². The number of carbonyl (C=O) groups excluding carboxylic acids is 1. The molecule has 3 aromatic rings. The third-order valence-corrected chi connectivity index (χ3v) is 4.55. The van der Waals surface area contributed by atoms with Gasteiger partial charge in [0.25, 0.3) is 5.89 Å². The van der Waals surface area contributed by atoms with Gasteiger partial charge in [0.1, 0.15) is 5.82 Å². The van der Waals surface area contributed by atoms with E-state index in [9.17, 15) is 4.79 Å². The first-order valence-corrected chi connectivity index (χ1v) is 9.16. The van der Waals surface area contributed by atoms with Crippen molar-refractivity contribution in [2.45, 2.75) is 25.8 Å². The van der Waals surface area contributed by atoms with Gasteiger partial charge in [-0.05, 0) is 44.0 Å². The Morgan fingerprint density at radius 1 is 1.25 bits per heavy atom. The van der Waals surface area contributed by atoms with Crippen LogP contribution in [0.25, 0.3) is 11.5 Å².